The Kier molecular flexibility index (Phi) is 6.74. The molecular weight excluding hydrogens is 623 g/mol. The smallest absolute Gasteiger partial charge is 0.137 e. The summed E-state index contributed by atoms with van der Waals surface area (Å²) in [5.74, 6) is 0.895. The number of para-hydroxylation sites is 4. The molecule has 10 rings (SSSR count). The van der Waals surface area contributed by atoms with Gasteiger partial charge in [0.05, 0.1) is 22.1 Å². The van der Waals surface area contributed by atoms with Crippen LogP contribution in [0.25, 0.3) is 66.2 Å². The first-order valence-electron chi connectivity index (χ1n) is 17.2. The predicted octanol–water partition coefficient (Wildman–Crippen LogP) is 11.8. The Hall–Kier alpha value is -6.98. The third kappa shape index (κ3) is 4.71. The lowest BCUT2D eigenvalue weighted by Gasteiger charge is -2.25. The van der Waals surface area contributed by atoms with Crippen LogP contribution in [-0.4, -0.2) is 19.1 Å². The second-order valence-electron chi connectivity index (χ2n) is 12.7. The van der Waals surface area contributed by atoms with Gasteiger partial charge in [-0.1, -0.05) is 91.0 Å². The molecule has 10 aromatic rings. The minimum atomic E-state index is 0.895. The van der Waals surface area contributed by atoms with Crippen LogP contribution in [0, 0.1) is 0 Å². The molecule has 5 heteroatoms. The van der Waals surface area contributed by atoms with Crippen molar-refractivity contribution < 1.29 is 0 Å². The predicted molar refractivity (Wildman–Crippen MR) is 211 cm³/mol. The summed E-state index contributed by atoms with van der Waals surface area (Å²) in [7, 11) is 0. The van der Waals surface area contributed by atoms with Crippen LogP contribution in [0.2, 0.25) is 0 Å². The molecule has 0 spiro atoms. The fourth-order valence-electron chi connectivity index (χ4n) is 7.61. The zero-order chi connectivity index (χ0) is 33.7. The molecule has 0 aliphatic rings. The zero-order valence-corrected chi connectivity index (χ0v) is 27.6. The molecule has 51 heavy (non-hydrogen) atoms. The Morgan fingerprint density at radius 1 is 0.431 bits per heavy atom. The van der Waals surface area contributed by atoms with Gasteiger partial charge in [0.2, 0.25) is 0 Å². The average Bonchev–Trinajstić information content (AvgIpc) is 3.72. The number of hydrogen-bond donors (Lipinski definition) is 0. The summed E-state index contributed by atoms with van der Waals surface area (Å²) in [6.45, 7) is 0. The summed E-state index contributed by atoms with van der Waals surface area (Å²) in [5.41, 5.74) is 11.1. The third-order valence-electron chi connectivity index (χ3n) is 9.83. The van der Waals surface area contributed by atoms with Crippen molar-refractivity contribution in [2.75, 3.05) is 4.90 Å². The van der Waals surface area contributed by atoms with Gasteiger partial charge in [-0.3, -0.25) is 9.55 Å². The average molecular weight is 654 g/mol. The molecule has 6 aromatic carbocycles. The van der Waals surface area contributed by atoms with Crippen molar-refractivity contribution in [3.63, 3.8) is 0 Å². The minimum Gasteiger partial charge on any atom is -0.311 e. The number of aromatic nitrogens is 4. The van der Waals surface area contributed by atoms with Gasteiger partial charge >= 0.3 is 0 Å². The molecule has 4 aromatic heterocycles. The Balaban J connectivity index is 1.18. The van der Waals surface area contributed by atoms with Crippen LogP contribution < -0.4 is 4.90 Å². The second-order valence-corrected chi connectivity index (χ2v) is 12.7. The van der Waals surface area contributed by atoms with Crippen molar-refractivity contribution in [1.82, 2.24) is 19.1 Å². The summed E-state index contributed by atoms with van der Waals surface area (Å²) < 4.78 is 4.65. The molecule has 0 bridgehead atoms. The number of fused-ring (bicyclic) bond motifs is 6. The van der Waals surface area contributed by atoms with E-state index in [1.165, 1.54) is 16.2 Å². The van der Waals surface area contributed by atoms with Gasteiger partial charge in [-0.05, 0) is 84.4 Å². The van der Waals surface area contributed by atoms with Crippen LogP contribution in [0.3, 0.4) is 0 Å². The van der Waals surface area contributed by atoms with E-state index in [1.54, 1.807) is 0 Å². The SMILES string of the molecule is c1ccc(N(c2ccccc2)c2ccc(-n3c4ccccc4c4cncc(-c5ccc6c7ccccc7n(-c7ccccn7)c6c5)c43)cc2)cc1. The van der Waals surface area contributed by atoms with Crippen LogP contribution in [0.5, 0.6) is 0 Å². The highest BCUT2D eigenvalue weighted by Gasteiger charge is 2.20. The normalized spacial score (nSPS) is 11.5. The quantitative estimate of drug-likeness (QED) is 0.179. The summed E-state index contributed by atoms with van der Waals surface area (Å²) in [6.07, 6.45) is 5.86. The van der Waals surface area contributed by atoms with Crippen molar-refractivity contribution in [2.24, 2.45) is 0 Å². The first-order valence-corrected chi connectivity index (χ1v) is 17.2. The second kappa shape index (κ2) is 11.9. The molecule has 0 radical (unpaired) electrons. The minimum absolute atomic E-state index is 0.895. The van der Waals surface area contributed by atoms with Crippen molar-refractivity contribution in [1.29, 1.82) is 0 Å². The molecule has 0 amide bonds. The summed E-state index contributed by atoms with van der Waals surface area (Å²) >= 11 is 0. The van der Waals surface area contributed by atoms with Gasteiger partial charge in [0.15, 0.2) is 0 Å². The third-order valence-corrected chi connectivity index (χ3v) is 9.83. The first kappa shape index (κ1) is 29.0. The van der Waals surface area contributed by atoms with Gasteiger partial charge in [-0.2, -0.15) is 0 Å². The first-order chi connectivity index (χ1) is 25.3. The highest BCUT2D eigenvalue weighted by molar-refractivity contribution is 6.15. The van der Waals surface area contributed by atoms with E-state index < -0.39 is 0 Å². The van der Waals surface area contributed by atoms with Crippen LogP contribution >= 0.6 is 0 Å². The fraction of sp³-hybridized carbons (Fsp3) is 0. The van der Waals surface area contributed by atoms with Gasteiger partial charge in [0, 0.05) is 68.4 Å². The monoisotopic (exact) mass is 653 g/mol. The van der Waals surface area contributed by atoms with Crippen LogP contribution in [-0.2, 0) is 0 Å². The number of anilines is 3. The van der Waals surface area contributed by atoms with E-state index >= 15 is 0 Å². The van der Waals surface area contributed by atoms with Gasteiger partial charge in [-0.15, -0.1) is 0 Å². The lowest BCUT2D eigenvalue weighted by Crippen LogP contribution is -2.09. The van der Waals surface area contributed by atoms with E-state index in [1.807, 2.05) is 30.7 Å². The summed E-state index contributed by atoms with van der Waals surface area (Å²) in [4.78, 5) is 11.9. The van der Waals surface area contributed by atoms with E-state index in [9.17, 15) is 0 Å². The van der Waals surface area contributed by atoms with E-state index in [0.29, 0.717) is 0 Å². The molecule has 0 saturated carbocycles. The van der Waals surface area contributed by atoms with Crippen molar-refractivity contribution in [3.8, 4) is 22.6 Å². The largest absolute Gasteiger partial charge is 0.311 e. The molecular formula is C46H31N5. The van der Waals surface area contributed by atoms with E-state index in [0.717, 1.165) is 67.1 Å². The van der Waals surface area contributed by atoms with Crippen molar-refractivity contribution >= 4 is 60.7 Å². The van der Waals surface area contributed by atoms with Crippen molar-refractivity contribution in [2.45, 2.75) is 0 Å². The van der Waals surface area contributed by atoms with Gasteiger partial charge in [0.1, 0.15) is 5.82 Å². The number of nitrogens with zero attached hydrogens (tertiary/aromatic N) is 5. The lowest BCUT2D eigenvalue weighted by molar-refractivity contribution is 1.08. The molecule has 0 unspecified atom stereocenters. The molecule has 0 saturated heterocycles. The molecule has 240 valence electrons. The van der Waals surface area contributed by atoms with E-state index in [2.05, 4.69) is 172 Å². The van der Waals surface area contributed by atoms with E-state index in [-0.39, 0.29) is 0 Å². The Morgan fingerprint density at radius 2 is 1.02 bits per heavy atom. The summed E-state index contributed by atoms with van der Waals surface area (Å²) in [6, 6.07) is 60.0. The Bertz CT molecular complexity index is 2800. The maximum absolute atomic E-state index is 4.82. The number of rotatable bonds is 6. The van der Waals surface area contributed by atoms with Gasteiger partial charge in [-0.25, -0.2) is 4.98 Å². The standard InChI is InChI=1S/C46H31N5/c1-3-13-33(14-4-1)49(34-15-5-2-6-16-34)35-23-25-36(26-24-35)50-42-19-9-8-18-38(42)41-31-47-30-40(46(41)50)32-22-27-39-37-17-7-10-20-43(37)51(44(39)29-32)45-21-11-12-28-48-45/h1-31H. The molecule has 0 fully saturated rings. The molecule has 0 atom stereocenters. The molecule has 5 nitrogen and oxygen atoms in total. The maximum Gasteiger partial charge on any atom is 0.137 e. The maximum atomic E-state index is 4.82. The fourth-order valence-corrected chi connectivity index (χ4v) is 7.61. The highest BCUT2D eigenvalue weighted by atomic mass is 15.1. The zero-order valence-electron chi connectivity index (χ0n) is 27.6. The Labute approximate surface area is 294 Å². The molecule has 0 N–H and O–H groups in total. The van der Waals surface area contributed by atoms with Crippen LogP contribution in [0.15, 0.2) is 188 Å². The number of hydrogen-bond acceptors (Lipinski definition) is 3. The van der Waals surface area contributed by atoms with Crippen LogP contribution in [0.4, 0.5) is 17.1 Å². The van der Waals surface area contributed by atoms with Crippen LogP contribution in [0.1, 0.15) is 0 Å². The van der Waals surface area contributed by atoms with Crippen molar-refractivity contribution in [3.05, 3.63) is 188 Å². The van der Waals surface area contributed by atoms with Gasteiger partial charge in [0.25, 0.3) is 0 Å². The summed E-state index contributed by atoms with van der Waals surface area (Å²) in [5, 5.41) is 4.69. The Morgan fingerprint density at radius 3 is 1.71 bits per heavy atom. The van der Waals surface area contributed by atoms with Gasteiger partial charge < -0.3 is 9.47 Å². The highest BCUT2D eigenvalue weighted by Crippen LogP contribution is 2.41. The molecule has 0 aliphatic heterocycles. The lowest BCUT2D eigenvalue weighted by atomic mass is 10.0. The molecule has 0 aliphatic carbocycles. The van der Waals surface area contributed by atoms with E-state index in [4.69, 9.17) is 9.97 Å². The number of benzene rings is 6. The molecule has 4 heterocycles. The topological polar surface area (TPSA) is 38.9 Å². The number of pyridine rings is 2.